The van der Waals surface area contributed by atoms with E-state index in [0.717, 1.165) is 38.0 Å². The fourth-order valence-corrected chi connectivity index (χ4v) is 6.32. The number of nitro benzene ring substituents is 1. The van der Waals surface area contributed by atoms with Crippen LogP contribution < -0.4 is 4.90 Å². The minimum atomic E-state index is -0.598. The van der Waals surface area contributed by atoms with Gasteiger partial charge in [0.15, 0.2) is 0 Å². The largest absolute Gasteiger partial charge is 0.307 e. The van der Waals surface area contributed by atoms with Gasteiger partial charge in [0.05, 0.1) is 4.92 Å². The fourth-order valence-electron chi connectivity index (χ4n) is 6.13. The Morgan fingerprint density at radius 2 is 1.68 bits per heavy atom. The van der Waals surface area contributed by atoms with Gasteiger partial charge in [0.2, 0.25) is 0 Å². The Morgan fingerprint density at radius 3 is 2.42 bits per heavy atom. The second-order valence-electron chi connectivity index (χ2n) is 10.6. The zero-order chi connectivity index (χ0) is 27.9. The number of anilines is 1. The highest BCUT2D eigenvalue weighted by Gasteiger charge is 2.46. The monoisotopic (exact) mass is 555 g/mol. The van der Waals surface area contributed by atoms with Crippen LogP contribution in [-0.2, 0) is 12.0 Å². The first-order valence-corrected chi connectivity index (χ1v) is 13.6. The molecule has 0 saturated carbocycles. The van der Waals surface area contributed by atoms with E-state index in [-0.39, 0.29) is 33.4 Å². The molecule has 6 rings (SSSR count). The maximum absolute atomic E-state index is 14.5. The van der Waals surface area contributed by atoms with Crippen molar-refractivity contribution in [1.82, 2.24) is 4.90 Å². The van der Waals surface area contributed by atoms with Crippen LogP contribution in [0.25, 0.3) is 11.1 Å². The summed E-state index contributed by atoms with van der Waals surface area (Å²) in [6.07, 6.45) is 1.53. The van der Waals surface area contributed by atoms with E-state index in [0.29, 0.717) is 12.2 Å². The van der Waals surface area contributed by atoms with Crippen molar-refractivity contribution in [2.45, 2.75) is 24.8 Å². The number of nitrogens with zero attached hydrogens (tertiary/aromatic N) is 3. The van der Waals surface area contributed by atoms with Gasteiger partial charge in [0.25, 0.3) is 11.6 Å². The smallest absolute Gasteiger partial charge is 0.288 e. The standard InChI is InChI=1S/C32H27ClFN3O3/c33-28-12-10-23(18-30(28)37(39)40)31(38)36-21-32(27-19-25(34)11-13-29(27)36)14-16-35(17-15-32)20-24-8-4-5-9-26(24)22-6-2-1-3-7-22/h1-13,18-19H,14-17,20-21H2. The van der Waals surface area contributed by atoms with Crippen LogP contribution >= 0.6 is 11.6 Å². The third kappa shape index (κ3) is 4.76. The van der Waals surface area contributed by atoms with Crippen LogP contribution in [0.2, 0.25) is 5.02 Å². The van der Waals surface area contributed by atoms with Gasteiger partial charge >= 0.3 is 0 Å². The molecule has 4 aromatic rings. The molecule has 40 heavy (non-hydrogen) atoms. The molecule has 1 amide bonds. The number of amides is 1. The van der Waals surface area contributed by atoms with Crippen LogP contribution in [-0.4, -0.2) is 35.4 Å². The highest BCUT2D eigenvalue weighted by Crippen LogP contribution is 2.48. The summed E-state index contributed by atoms with van der Waals surface area (Å²) in [5.74, 6) is -0.697. The Bertz CT molecular complexity index is 1600. The maximum atomic E-state index is 14.5. The molecule has 0 unspecified atom stereocenters. The Kier molecular flexibility index (Phi) is 6.86. The van der Waals surface area contributed by atoms with Gasteiger partial charge in [-0.15, -0.1) is 0 Å². The Balaban J connectivity index is 1.24. The molecule has 0 aliphatic carbocycles. The number of piperidine rings is 1. The molecule has 0 atom stereocenters. The van der Waals surface area contributed by atoms with Crippen molar-refractivity contribution in [2.24, 2.45) is 0 Å². The first-order chi connectivity index (χ1) is 19.3. The fraction of sp³-hybridized carbons (Fsp3) is 0.219. The van der Waals surface area contributed by atoms with Gasteiger partial charge in [0.1, 0.15) is 10.8 Å². The molecule has 1 saturated heterocycles. The topological polar surface area (TPSA) is 66.7 Å². The zero-order valence-corrected chi connectivity index (χ0v) is 22.5. The predicted octanol–water partition coefficient (Wildman–Crippen LogP) is 7.25. The molecule has 0 N–H and O–H groups in total. The van der Waals surface area contributed by atoms with E-state index < -0.39 is 4.92 Å². The van der Waals surface area contributed by atoms with E-state index in [4.69, 9.17) is 11.6 Å². The van der Waals surface area contributed by atoms with Crippen LogP contribution in [0.3, 0.4) is 0 Å². The van der Waals surface area contributed by atoms with Crippen molar-refractivity contribution in [1.29, 1.82) is 0 Å². The van der Waals surface area contributed by atoms with Gasteiger partial charge in [-0.3, -0.25) is 19.8 Å². The van der Waals surface area contributed by atoms with Gasteiger partial charge in [-0.2, -0.15) is 0 Å². The summed E-state index contributed by atoms with van der Waals surface area (Å²) >= 11 is 5.97. The van der Waals surface area contributed by atoms with Crippen molar-refractivity contribution in [3.63, 3.8) is 0 Å². The number of carbonyl (C=O) groups is 1. The number of likely N-dealkylation sites (tertiary alicyclic amines) is 1. The van der Waals surface area contributed by atoms with Gasteiger partial charge in [-0.25, -0.2) is 4.39 Å². The predicted molar refractivity (Wildman–Crippen MR) is 154 cm³/mol. The molecule has 6 nitrogen and oxygen atoms in total. The van der Waals surface area contributed by atoms with Crippen LogP contribution in [0.4, 0.5) is 15.8 Å². The first-order valence-electron chi connectivity index (χ1n) is 13.3. The van der Waals surface area contributed by atoms with Gasteiger partial charge in [-0.1, -0.05) is 66.2 Å². The summed E-state index contributed by atoms with van der Waals surface area (Å²) in [4.78, 5) is 28.5. The molecule has 2 aliphatic heterocycles. The Hall–Kier alpha value is -4.07. The van der Waals surface area contributed by atoms with Crippen molar-refractivity contribution < 1.29 is 14.1 Å². The summed E-state index contributed by atoms with van der Waals surface area (Å²) in [6.45, 7) is 2.80. The molecular weight excluding hydrogens is 529 g/mol. The quantitative estimate of drug-likeness (QED) is 0.192. The number of hydrogen-bond donors (Lipinski definition) is 0. The van der Waals surface area contributed by atoms with Gasteiger partial charge in [0, 0.05) is 35.8 Å². The average Bonchev–Trinajstić information content (AvgIpc) is 3.27. The van der Waals surface area contributed by atoms with Gasteiger partial charge < -0.3 is 4.90 Å². The number of rotatable bonds is 5. The summed E-state index contributed by atoms with van der Waals surface area (Å²) in [7, 11) is 0. The van der Waals surface area contributed by atoms with E-state index in [9.17, 15) is 19.3 Å². The van der Waals surface area contributed by atoms with Crippen molar-refractivity contribution >= 4 is 28.9 Å². The second kappa shape index (κ2) is 10.5. The lowest BCUT2D eigenvalue weighted by atomic mass is 9.74. The molecule has 0 aromatic heterocycles. The molecule has 0 bridgehead atoms. The minimum Gasteiger partial charge on any atom is -0.307 e. The SMILES string of the molecule is O=C(c1ccc(Cl)c([N+](=O)[O-])c1)N1CC2(CCN(Cc3ccccc3-c3ccccc3)CC2)c2cc(F)ccc21. The molecule has 2 aliphatic rings. The molecule has 0 radical (unpaired) electrons. The number of fused-ring (bicyclic) bond motifs is 2. The number of halogens is 2. The normalized spacial score (nSPS) is 16.2. The van der Waals surface area contributed by atoms with E-state index in [1.807, 2.05) is 18.2 Å². The number of hydrogen-bond acceptors (Lipinski definition) is 4. The van der Waals surface area contributed by atoms with Crippen LogP contribution in [0, 0.1) is 15.9 Å². The van der Waals surface area contributed by atoms with Crippen LogP contribution in [0.5, 0.6) is 0 Å². The van der Waals surface area contributed by atoms with Gasteiger partial charge in [-0.05, 0) is 78.5 Å². The molecule has 202 valence electrons. The van der Waals surface area contributed by atoms with Crippen molar-refractivity contribution in [3.05, 3.63) is 129 Å². The zero-order valence-electron chi connectivity index (χ0n) is 21.7. The van der Waals surface area contributed by atoms with E-state index in [2.05, 4.69) is 41.3 Å². The third-order valence-electron chi connectivity index (χ3n) is 8.23. The lowest BCUT2D eigenvalue weighted by Crippen LogP contribution is -2.45. The Labute approximate surface area is 236 Å². The minimum absolute atomic E-state index is 0.0249. The lowest BCUT2D eigenvalue weighted by Gasteiger charge is -2.40. The number of benzene rings is 4. The first kappa shape index (κ1) is 26.2. The van der Waals surface area contributed by atoms with Crippen LogP contribution in [0.1, 0.15) is 34.3 Å². The number of nitro groups is 1. The summed E-state index contributed by atoms with van der Waals surface area (Å²) in [6, 6.07) is 27.4. The highest BCUT2D eigenvalue weighted by atomic mass is 35.5. The number of carbonyl (C=O) groups excluding carboxylic acids is 1. The van der Waals surface area contributed by atoms with E-state index >= 15 is 0 Å². The molecule has 1 spiro atoms. The molecule has 1 fully saturated rings. The highest BCUT2D eigenvalue weighted by molar-refractivity contribution is 6.32. The van der Waals surface area contributed by atoms with E-state index in [1.54, 1.807) is 17.0 Å². The molecule has 4 aromatic carbocycles. The summed E-state index contributed by atoms with van der Waals surface area (Å²) in [5.41, 5.74) is 4.61. The second-order valence-corrected chi connectivity index (χ2v) is 11.0. The molecule has 2 heterocycles. The summed E-state index contributed by atoms with van der Waals surface area (Å²) in [5, 5.41) is 11.4. The van der Waals surface area contributed by atoms with Crippen molar-refractivity contribution in [3.8, 4) is 11.1 Å². The summed E-state index contributed by atoms with van der Waals surface area (Å²) < 4.78 is 14.5. The van der Waals surface area contributed by atoms with E-state index in [1.165, 1.54) is 41.0 Å². The Morgan fingerprint density at radius 1 is 0.950 bits per heavy atom. The molecular formula is C32H27ClFN3O3. The maximum Gasteiger partial charge on any atom is 0.288 e. The third-order valence-corrected chi connectivity index (χ3v) is 8.55. The molecule has 8 heteroatoms. The van der Waals surface area contributed by atoms with Crippen LogP contribution in [0.15, 0.2) is 91.0 Å². The lowest BCUT2D eigenvalue weighted by molar-refractivity contribution is -0.384. The van der Waals surface area contributed by atoms with Crippen molar-refractivity contribution in [2.75, 3.05) is 24.5 Å². The average molecular weight is 556 g/mol.